The summed E-state index contributed by atoms with van der Waals surface area (Å²) in [6.07, 6.45) is 0. The Morgan fingerprint density at radius 1 is 1.35 bits per heavy atom. The van der Waals surface area contributed by atoms with Gasteiger partial charge >= 0.3 is 5.97 Å². The number of aromatic nitrogens is 1. The molecule has 1 heterocycles. The second-order valence-electron chi connectivity index (χ2n) is 3.58. The zero-order valence-electron chi connectivity index (χ0n) is 10.9. The smallest absolute Gasteiger partial charge is 0.316 e. The maximum atomic E-state index is 11.3. The molecule has 0 saturated carbocycles. The van der Waals surface area contributed by atoms with E-state index in [2.05, 4.69) is 10.3 Å². The second kappa shape index (κ2) is 7.22. The summed E-state index contributed by atoms with van der Waals surface area (Å²) in [7, 11) is 0. The fraction of sp³-hybridized carbons (Fsp3) is 0.333. The van der Waals surface area contributed by atoms with Crippen LogP contribution in [0.3, 0.4) is 0 Å². The Labute approximate surface area is 119 Å². The van der Waals surface area contributed by atoms with Crippen molar-refractivity contribution >= 4 is 29.5 Å². The summed E-state index contributed by atoms with van der Waals surface area (Å²) in [6.45, 7) is 3.26. The first-order valence-electron chi connectivity index (χ1n) is 5.65. The lowest BCUT2D eigenvalue weighted by atomic mass is 10.2. The molecule has 0 atom stereocenters. The minimum Gasteiger partial charge on any atom is -0.465 e. The highest BCUT2D eigenvalue weighted by atomic mass is 32.2. The molecule has 104 valence electrons. The van der Waals surface area contributed by atoms with E-state index >= 15 is 0 Å². The van der Waals surface area contributed by atoms with E-state index in [1.807, 2.05) is 12.1 Å². The summed E-state index contributed by atoms with van der Waals surface area (Å²) < 4.78 is 4.77. The van der Waals surface area contributed by atoms with Gasteiger partial charge in [0.25, 0.3) is 0 Å². The minimum absolute atomic E-state index is 0.00735. The Kier molecular flexibility index (Phi) is 5.63. The average molecular weight is 292 g/mol. The van der Waals surface area contributed by atoms with Crippen molar-refractivity contribution in [3.8, 4) is 12.1 Å². The van der Waals surface area contributed by atoms with Crippen LogP contribution in [0.1, 0.15) is 25.0 Å². The van der Waals surface area contributed by atoms with Crippen LogP contribution in [0.2, 0.25) is 0 Å². The van der Waals surface area contributed by atoms with Crippen molar-refractivity contribution < 1.29 is 14.3 Å². The number of carbonyl (C=O) groups is 2. The van der Waals surface area contributed by atoms with E-state index in [4.69, 9.17) is 15.3 Å². The average Bonchev–Trinajstić information content (AvgIpc) is 2.72. The van der Waals surface area contributed by atoms with Gasteiger partial charge in [-0.25, -0.2) is 0 Å². The van der Waals surface area contributed by atoms with Crippen LogP contribution in [0.15, 0.2) is 5.03 Å². The molecular formula is C12H12N4O3S. The molecular weight excluding hydrogens is 280 g/mol. The Morgan fingerprint density at radius 3 is 2.50 bits per heavy atom. The number of anilines is 1. The molecule has 1 amide bonds. The lowest BCUT2D eigenvalue weighted by Gasteiger charge is -2.00. The molecule has 1 aromatic rings. The molecule has 0 bridgehead atoms. The number of hydrogen-bond acceptors (Lipinski definition) is 6. The number of rotatable bonds is 5. The monoisotopic (exact) mass is 292 g/mol. The van der Waals surface area contributed by atoms with Crippen molar-refractivity contribution in [2.24, 2.45) is 0 Å². The lowest BCUT2D eigenvalue weighted by molar-refractivity contribution is -0.139. The van der Waals surface area contributed by atoms with Gasteiger partial charge in [0.1, 0.15) is 29.1 Å². The minimum atomic E-state index is -0.421. The third kappa shape index (κ3) is 3.77. The number of hydrogen-bond donors (Lipinski definition) is 2. The van der Waals surface area contributed by atoms with Crippen LogP contribution in [0.5, 0.6) is 0 Å². The van der Waals surface area contributed by atoms with E-state index in [9.17, 15) is 9.59 Å². The van der Waals surface area contributed by atoms with Crippen LogP contribution in [-0.2, 0) is 14.3 Å². The van der Waals surface area contributed by atoms with Crippen LogP contribution in [-0.4, -0.2) is 29.2 Å². The maximum absolute atomic E-state index is 11.3. The number of esters is 1. The van der Waals surface area contributed by atoms with Gasteiger partial charge in [0.15, 0.2) is 0 Å². The highest BCUT2D eigenvalue weighted by molar-refractivity contribution is 7.99. The van der Waals surface area contributed by atoms with E-state index in [-0.39, 0.29) is 35.2 Å². The van der Waals surface area contributed by atoms with E-state index < -0.39 is 5.97 Å². The molecule has 0 fully saturated rings. The molecule has 1 aromatic heterocycles. The number of ether oxygens (including phenoxy) is 1. The summed E-state index contributed by atoms with van der Waals surface area (Å²) >= 11 is 1.04. The van der Waals surface area contributed by atoms with Crippen molar-refractivity contribution in [1.82, 2.24) is 4.98 Å². The number of nitriles is 2. The second-order valence-corrected chi connectivity index (χ2v) is 4.56. The topological polar surface area (TPSA) is 119 Å². The standard InChI is InChI=1S/C12H12N4O3S/c1-3-19-10(18)6-20-12-9(5-14)8(4-13)11(16-12)15-7(2)17/h16H,3,6H2,1-2H3,(H,15,17). The quantitative estimate of drug-likeness (QED) is 0.625. The first-order chi connectivity index (χ1) is 9.53. The Morgan fingerprint density at radius 2 is 2.00 bits per heavy atom. The summed E-state index contributed by atoms with van der Waals surface area (Å²) in [5, 5.41) is 20.9. The SMILES string of the molecule is CCOC(=O)CSc1[nH]c(NC(C)=O)c(C#N)c1C#N. The summed E-state index contributed by atoms with van der Waals surface area (Å²) in [5.74, 6) is -0.624. The van der Waals surface area contributed by atoms with Gasteiger partial charge in [0.2, 0.25) is 5.91 Å². The van der Waals surface area contributed by atoms with E-state index in [0.29, 0.717) is 5.03 Å². The van der Waals surface area contributed by atoms with Crippen LogP contribution in [0, 0.1) is 22.7 Å². The lowest BCUT2D eigenvalue weighted by Crippen LogP contribution is -2.07. The van der Waals surface area contributed by atoms with Crippen molar-refractivity contribution in [1.29, 1.82) is 10.5 Å². The third-order valence-electron chi connectivity index (χ3n) is 2.13. The fourth-order valence-corrected chi connectivity index (χ4v) is 2.22. The van der Waals surface area contributed by atoms with Gasteiger partial charge in [-0.2, -0.15) is 10.5 Å². The van der Waals surface area contributed by atoms with Gasteiger partial charge < -0.3 is 15.0 Å². The molecule has 0 saturated heterocycles. The van der Waals surface area contributed by atoms with E-state index in [1.165, 1.54) is 6.92 Å². The molecule has 2 N–H and O–H groups in total. The molecule has 1 rings (SSSR count). The molecule has 8 heteroatoms. The number of nitrogens with zero attached hydrogens (tertiary/aromatic N) is 2. The van der Waals surface area contributed by atoms with Gasteiger partial charge in [-0.05, 0) is 6.92 Å². The highest BCUT2D eigenvalue weighted by Crippen LogP contribution is 2.29. The van der Waals surface area contributed by atoms with Gasteiger partial charge in [-0.3, -0.25) is 9.59 Å². The molecule has 0 spiro atoms. The van der Waals surface area contributed by atoms with Crippen LogP contribution < -0.4 is 5.32 Å². The summed E-state index contributed by atoms with van der Waals surface area (Å²) in [6, 6.07) is 3.74. The number of carbonyl (C=O) groups excluding carboxylic acids is 2. The van der Waals surface area contributed by atoms with Gasteiger partial charge in [0.05, 0.1) is 17.4 Å². The van der Waals surface area contributed by atoms with E-state index in [1.54, 1.807) is 6.92 Å². The van der Waals surface area contributed by atoms with Crippen LogP contribution in [0.25, 0.3) is 0 Å². The molecule has 0 aromatic carbocycles. The summed E-state index contributed by atoms with van der Waals surface area (Å²) in [5.41, 5.74) is 0.152. The number of aromatic amines is 1. The summed E-state index contributed by atoms with van der Waals surface area (Å²) in [4.78, 5) is 25.1. The molecule has 0 aliphatic heterocycles. The van der Waals surface area contributed by atoms with Crippen molar-refractivity contribution in [2.45, 2.75) is 18.9 Å². The first kappa shape index (κ1) is 15.6. The third-order valence-corrected chi connectivity index (χ3v) is 3.10. The van der Waals surface area contributed by atoms with Crippen LogP contribution in [0.4, 0.5) is 5.82 Å². The number of amides is 1. The molecule has 0 unspecified atom stereocenters. The van der Waals surface area contributed by atoms with Gasteiger partial charge in [-0.15, -0.1) is 0 Å². The largest absolute Gasteiger partial charge is 0.465 e. The predicted octanol–water partition coefficient (Wildman–Crippen LogP) is 1.37. The van der Waals surface area contributed by atoms with Crippen molar-refractivity contribution in [3.05, 3.63) is 11.1 Å². The number of nitrogens with one attached hydrogen (secondary N) is 2. The predicted molar refractivity (Wildman–Crippen MR) is 71.9 cm³/mol. The van der Waals surface area contributed by atoms with Crippen LogP contribution >= 0.6 is 11.8 Å². The molecule has 7 nitrogen and oxygen atoms in total. The molecule has 0 radical (unpaired) electrons. The van der Waals surface area contributed by atoms with Crippen molar-refractivity contribution in [2.75, 3.05) is 17.7 Å². The molecule has 0 aliphatic carbocycles. The van der Waals surface area contributed by atoms with Gasteiger partial charge in [0, 0.05) is 6.92 Å². The Balaban J connectivity index is 2.99. The number of H-pyrrole nitrogens is 1. The van der Waals surface area contributed by atoms with Crippen molar-refractivity contribution in [3.63, 3.8) is 0 Å². The highest BCUT2D eigenvalue weighted by Gasteiger charge is 2.19. The molecule has 20 heavy (non-hydrogen) atoms. The first-order valence-corrected chi connectivity index (χ1v) is 6.64. The van der Waals surface area contributed by atoms with E-state index in [0.717, 1.165) is 11.8 Å². The van der Waals surface area contributed by atoms with Gasteiger partial charge in [-0.1, -0.05) is 11.8 Å². The fourth-order valence-electron chi connectivity index (χ4n) is 1.41. The normalized spacial score (nSPS) is 9.40. The maximum Gasteiger partial charge on any atom is 0.316 e. The number of thioether (sulfide) groups is 1. The Bertz CT molecular complexity index is 609. The molecule has 0 aliphatic rings. The Hall–Kier alpha value is -2.45. The zero-order chi connectivity index (χ0) is 15.1. The zero-order valence-corrected chi connectivity index (χ0v) is 11.8.